The van der Waals surface area contributed by atoms with E-state index in [0.717, 1.165) is 10.5 Å². The number of fused-ring (bicyclic) bond motifs is 2. The van der Waals surface area contributed by atoms with E-state index >= 15 is 4.39 Å². The smallest absolute Gasteiger partial charge is 0.413 e. The molecule has 0 spiro atoms. The first kappa shape index (κ1) is 20.3. The molecule has 0 unspecified atom stereocenters. The molecule has 1 aromatic carbocycles. The van der Waals surface area contributed by atoms with Crippen molar-refractivity contribution in [1.82, 2.24) is 9.97 Å². The molecule has 1 saturated carbocycles. The number of aliphatic hydroxyl groups is 1. The molecular weight excluding hydrogens is 417 g/mol. The van der Waals surface area contributed by atoms with Gasteiger partial charge in [-0.1, -0.05) is 0 Å². The SMILES string of the molecule is Cc1c(-c2cc3cc(N(C(=O)O)[C@@H]4CC[C@H]4O)ncc3c(N)c2F)cnc2c1NCCO2. The number of ether oxygens (including phenoxy) is 1. The van der Waals surface area contributed by atoms with E-state index in [1.54, 1.807) is 18.3 Å². The molecule has 1 amide bonds. The third-order valence-electron chi connectivity index (χ3n) is 6.21. The van der Waals surface area contributed by atoms with Gasteiger partial charge in [-0.05, 0) is 42.8 Å². The topological polar surface area (TPSA) is 134 Å². The molecule has 2 aliphatic rings. The van der Waals surface area contributed by atoms with Crippen LogP contribution in [0, 0.1) is 12.7 Å². The number of nitrogens with one attached hydrogen (secondary N) is 1. The molecule has 9 nitrogen and oxygen atoms in total. The largest absolute Gasteiger partial charge is 0.474 e. The van der Waals surface area contributed by atoms with Crippen LogP contribution in [0.15, 0.2) is 24.5 Å². The number of anilines is 3. The number of aliphatic hydroxyl groups excluding tert-OH is 1. The molecule has 1 fully saturated rings. The van der Waals surface area contributed by atoms with Gasteiger partial charge < -0.3 is 26.0 Å². The molecule has 2 aromatic heterocycles. The highest BCUT2D eigenvalue weighted by molar-refractivity contribution is 6.00. The number of halogens is 1. The van der Waals surface area contributed by atoms with Crippen LogP contribution in [0.25, 0.3) is 21.9 Å². The maximum Gasteiger partial charge on any atom is 0.413 e. The summed E-state index contributed by atoms with van der Waals surface area (Å²) in [6.45, 7) is 2.97. The predicted molar refractivity (Wildman–Crippen MR) is 118 cm³/mol. The summed E-state index contributed by atoms with van der Waals surface area (Å²) in [4.78, 5) is 21.4. The number of nitrogen functional groups attached to an aromatic ring is 1. The molecule has 166 valence electrons. The zero-order valence-electron chi connectivity index (χ0n) is 17.3. The zero-order valence-corrected chi connectivity index (χ0v) is 17.3. The first-order valence-electron chi connectivity index (χ1n) is 10.3. The zero-order chi connectivity index (χ0) is 22.6. The Bertz CT molecular complexity index is 1250. The van der Waals surface area contributed by atoms with Gasteiger partial charge in [0.1, 0.15) is 18.1 Å². The molecule has 0 radical (unpaired) electrons. The Hall–Kier alpha value is -3.66. The van der Waals surface area contributed by atoms with Gasteiger partial charge >= 0.3 is 6.09 Å². The Morgan fingerprint density at radius 1 is 1.28 bits per heavy atom. The van der Waals surface area contributed by atoms with Crippen molar-refractivity contribution < 1.29 is 24.1 Å². The Labute approximate surface area is 182 Å². The van der Waals surface area contributed by atoms with E-state index in [4.69, 9.17) is 10.5 Å². The fraction of sp³-hybridized carbons (Fsp3) is 0.318. The number of rotatable bonds is 3. The lowest BCUT2D eigenvalue weighted by Gasteiger charge is -2.39. The van der Waals surface area contributed by atoms with E-state index in [2.05, 4.69) is 15.3 Å². The third-order valence-corrected chi connectivity index (χ3v) is 6.21. The number of hydrogen-bond acceptors (Lipinski definition) is 7. The van der Waals surface area contributed by atoms with Gasteiger partial charge in [0.05, 0.1) is 17.8 Å². The predicted octanol–water partition coefficient (Wildman–Crippen LogP) is 3.14. The van der Waals surface area contributed by atoms with Crippen molar-refractivity contribution in [1.29, 1.82) is 0 Å². The van der Waals surface area contributed by atoms with Gasteiger partial charge in [0.15, 0.2) is 5.82 Å². The van der Waals surface area contributed by atoms with Gasteiger partial charge in [-0.25, -0.2) is 19.2 Å². The summed E-state index contributed by atoms with van der Waals surface area (Å²) in [6, 6.07) is 2.60. The number of aromatic nitrogens is 2. The van der Waals surface area contributed by atoms with Gasteiger partial charge in [-0.2, -0.15) is 0 Å². The lowest BCUT2D eigenvalue weighted by Crippen LogP contribution is -2.53. The minimum absolute atomic E-state index is 0.0802. The minimum Gasteiger partial charge on any atom is -0.474 e. The van der Waals surface area contributed by atoms with Crippen molar-refractivity contribution in [2.45, 2.75) is 31.9 Å². The van der Waals surface area contributed by atoms with E-state index in [9.17, 15) is 15.0 Å². The summed E-state index contributed by atoms with van der Waals surface area (Å²) in [5.74, 6) is 0.0218. The standard InChI is InChI=1S/C22H22FN5O4/c1-10-13(8-27-21-20(10)25-4-5-32-21)12-6-11-7-17(26-9-14(11)19(24)18(12)23)28(22(30)31)15-2-3-16(15)29/h6-9,15-16,25,29H,2-5,24H2,1H3,(H,30,31)/t15-,16-/m1/s1. The second kappa shape index (κ2) is 7.49. The van der Waals surface area contributed by atoms with Crippen LogP contribution >= 0.6 is 0 Å². The summed E-state index contributed by atoms with van der Waals surface area (Å²) in [6.07, 6.45) is 2.03. The highest BCUT2D eigenvalue weighted by Gasteiger charge is 2.38. The maximum absolute atomic E-state index is 15.3. The number of nitrogens with zero attached hydrogens (tertiary/aromatic N) is 3. The van der Waals surface area contributed by atoms with Crippen LogP contribution in [0.4, 0.5) is 26.4 Å². The number of pyridine rings is 2. The van der Waals surface area contributed by atoms with E-state index in [-0.39, 0.29) is 17.1 Å². The number of carboxylic acid groups (broad SMARTS) is 1. The van der Waals surface area contributed by atoms with Crippen molar-refractivity contribution in [3.05, 3.63) is 35.9 Å². The van der Waals surface area contributed by atoms with Crippen molar-refractivity contribution in [2.75, 3.05) is 29.1 Å². The fourth-order valence-corrected chi connectivity index (χ4v) is 4.28. The number of benzene rings is 1. The molecule has 10 heteroatoms. The van der Waals surface area contributed by atoms with Crippen LogP contribution in [0.2, 0.25) is 0 Å². The monoisotopic (exact) mass is 439 g/mol. The first-order valence-corrected chi connectivity index (χ1v) is 10.3. The lowest BCUT2D eigenvalue weighted by atomic mass is 9.88. The molecule has 5 rings (SSSR count). The molecule has 5 N–H and O–H groups in total. The highest BCUT2D eigenvalue weighted by Crippen LogP contribution is 2.40. The van der Waals surface area contributed by atoms with Gasteiger partial charge in [0, 0.05) is 35.5 Å². The van der Waals surface area contributed by atoms with E-state index in [1.165, 1.54) is 6.20 Å². The molecule has 0 bridgehead atoms. The molecule has 3 heterocycles. The van der Waals surface area contributed by atoms with E-state index in [0.29, 0.717) is 53.9 Å². The summed E-state index contributed by atoms with van der Waals surface area (Å²) in [5.41, 5.74) is 8.30. The van der Waals surface area contributed by atoms with Crippen LogP contribution in [-0.2, 0) is 0 Å². The number of hydrogen-bond donors (Lipinski definition) is 4. The second-order valence-corrected chi connectivity index (χ2v) is 8.03. The van der Waals surface area contributed by atoms with Gasteiger partial charge in [0.25, 0.3) is 0 Å². The Balaban J connectivity index is 1.65. The van der Waals surface area contributed by atoms with Gasteiger partial charge in [-0.15, -0.1) is 0 Å². The number of amides is 1. The summed E-state index contributed by atoms with van der Waals surface area (Å²) in [7, 11) is 0. The normalized spacial score (nSPS) is 19.5. The minimum atomic E-state index is -1.21. The number of carbonyl (C=O) groups is 1. The van der Waals surface area contributed by atoms with Crippen LogP contribution < -0.4 is 20.7 Å². The van der Waals surface area contributed by atoms with Crippen molar-refractivity contribution in [3.8, 4) is 17.0 Å². The van der Waals surface area contributed by atoms with Crippen molar-refractivity contribution in [3.63, 3.8) is 0 Å². The van der Waals surface area contributed by atoms with Crippen LogP contribution in [0.1, 0.15) is 18.4 Å². The Kier molecular flexibility index (Phi) is 4.74. The average Bonchev–Trinajstić information content (AvgIpc) is 2.79. The summed E-state index contributed by atoms with van der Waals surface area (Å²) < 4.78 is 20.8. The van der Waals surface area contributed by atoms with Gasteiger partial charge in [0.2, 0.25) is 5.88 Å². The van der Waals surface area contributed by atoms with Crippen molar-refractivity contribution in [2.24, 2.45) is 0 Å². The first-order chi connectivity index (χ1) is 15.4. The number of nitrogens with two attached hydrogens (primary N) is 1. The Morgan fingerprint density at radius 3 is 2.78 bits per heavy atom. The maximum atomic E-state index is 15.3. The van der Waals surface area contributed by atoms with E-state index < -0.39 is 24.1 Å². The molecule has 1 aliphatic carbocycles. The Morgan fingerprint density at radius 2 is 2.09 bits per heavy atom. The summed E-state index contributed by atoms with van der Waals surface area (Å²) >= 11 is 0. The molecular formula is C22H22FN5O4. The molecule has 3 aromatic rings. The molecule has 2 atom stereocenters. The van der Waals surface area contributed by atoms with Gasteiger partial charge in [-0.3, -0.25) is 4.90 Å². The van der Waals surface area contributed by atoms with Crippen molar-refractivity contribution >= 4 is 34.1 Å². The van der Waals surface area contributed by atoms with E-state index in [1.807, 2.05) is 6.92 Å². The second-order valence-electron chi connectivity index (χ2n) is 8.03. The summed E-state index contributed by atoms with van der Waals surface area (Å²) in [5, 5.41) is 23.8. The van der Waals surface area contributed by atoms with Crippen LogP contribution in [0.3, 0.4) is 0 Å². The molecule has 1 aliphatic heterocycles. The molecule has 0 saturated heterocycles. The molecule has 32 heavy (non-hydrogen) atoms. The van der Waals surface area contributed by atoms with Crippen LogP contribution in [0.5, 0.6) is 5.88 Å². The average molecular weight is 439 g/mol. The lowest BCUT2D eigenvalue weighted by molar-refractivity contribution is 0.0632. The van der Waals surface area contributed by atoms with Crippen LogP contribution in [-0.4, -0.2) is 51.6 Å². The quantitative estimate of drug-likeness (QED) is 0.458. The third kappa shape index (κ3) is 3.06. The highest BCUT2D eigenvalue weighted by atomic mass is 19.1. The fourth-order valence-electron chi connectivity index (χ4n) is 4.28.